The van der Waals surface area contributed by atoms with Crippen molar-refractivity contribution in [2.45, 2.75) is 6.92 Å². The van der Waals surface area contributed by atoms with Crippen molar-refractivity contribution in [1.29, 1.82) is 0 Å². The van der Waals surface area contributed by atoms with Gasteiger partial charge in [-0.05, 0) is 19.2 Å². The van der Waals surface area contributed by atoms with Crippen molar-refractivity contribution in [1.82, 2.24) is 5.32 Å². The Hall–Kier alpha value is -1.42. The zero-order valence-corrected chi connectivity index (χ0v) is 9.83. The molecule has 0 aliphatic carbocycles. The lowest BCUT2D eigenvalue weighted by atomic mass is 10.1. The summed E-state index contributed by atoms with van der Waals surface area (Å²) >= 11 is 0. The van der Waals surface area contributed by atoms with Crippen LogP contribution in [0.25, 0.3) is 0 Å². The number of anilines is 1. The fourth-order valence-corrected chi connectivity index (χ4v) is 1.57. The van der Waals surface area contributed by atoms with Crippen LogP contribution < -0.4 is 10.2 Å². The number of amides is 1. The smallest absolute Gasteiger partial charge is 0.230 e. The van der Waals surface area contributed by atoms with Crippen molar-refractivity contribution in [2.24, 2.45) is 5.92 Å². The number of nitrogens with zero attached hydrogens (tertiary/aromatic N) is 1. The number of carbonyl (C=O) groups excluding carboxylic acids is 1. The van der Waals surface area contributed by atoms with Crippen molar-refractivity contribution in [3.63, 3.8) is 0 Å². The first kappa shape index (κ1) is 12.6. The van der Waals surface area contributed by atoms with Gasteiger partial charge in [0, 0.05) is 19.5 Å². The van der Waals surface area contributed by atoms with E-state index in [4.69, 9.17) is 0 Å². The van der Waals surface area contributed by atoms with E-state index in [1.54, 1.807) is 32.3 Å². The summed E-state index contributed by atoms with van der Waals surface area (Å²) in [7, 11) is 3.37. The molecule has 0 aliphatic heterocycles. The summed E-state index contributed by atoms with van der Waals surface area (Å²) in [4.78, 5) is 13.3. The Kier molecular flexibility index (Phi) is 4.43. The topological polar surface area (TPSA) is 32.3 Å². The number of halogens is 1. The summed E-state index contributed by atoms with van der Waals surface area (Å²) in [5, 5.41) is 2.93. The highest BCUT2D eigenvalue weighted by Gasteiger charge is 2.19. The second kappa shape index (κ2) is 5.61. The third-order valence-electron chi connectivity index (χ3n) is 2.48. The minimum atomic E-state index is -0.380. The molecule has 0 fully saturated rings. The van der Waals surface area contributed by atoms with Crippen LogP contribution >= 0.6 is 0 Å². The van der Waals surface area contributed by atoms with Gasteiger partial charge in [0.15, 0.2) is 0 Å². The number of benzene rings is 1. The van der Waals surface area contributed by atoms with Gasteiger partial charge < -0.3 is 10.2 Å². The van der Waals surface area contributed by atoms with E-state index >= 15 is 0 Å². The van der Waals surface area contributed by atoms with Crippen LogP contribution in [0.2, 0.25) is 0 Å². The van der Waals surface area contributed by atoms with E-state index in [9.17, 15) is 9.18 Å². The molecule has 0 aromatic heterocycles. The van der Waals surface area contributed by atoms with Crippen LogP contribution in [0.1, 0.15) is 6.92 Å². The van der Waals surface area contributed by atoms with Crippen molar-refractivity contribution in [3.05, 3.63) is 30.1 Å². The molecule has 3 nitrogen and oxygen atoms in total. The molecule has 1 atom stereocenters. The third-order valence-corrected chi connectivity index (χ3v) is 2.48. The Morgan fingerprint density at radius 1 is 1.50 bits per heavy atom. The number of para-hydroxylation sites is 1. The SMILES string of the molecule is CNCC(C)C(=O)N(C)c1ccccc1F. The van der Waals surface area contributed by atoms with Gasteiger partial charge in [0.1, 0.15) is 5.82 Å². The van der Waals surface area contributed by atoms with Gasteiger partial charge in [-0.15, -0.1) is 0 Å². The number of hydrogen-bond acceptors (Lipinski definition) is 2. The molecule has 0 radical (unpaired) electrons. The Balaban J connectivity index is 2.82. The highest BCUT2D eigenvalue weighted by atomic mass is 19.1. The minimum Gasteiger partial charge on any atom is -0.319 e. The third kappa shape index (κ3) is 2.79. The van der Waals surface area contributed by atoms with Crippen molar-refractivity contribution >= 4 is 11.6 Å². The maximum absolute atomic E-state index is 13.4. The zero-order chi connectivity index (χ0) is 12.1. The van der Waals surface area contributed by atoms with E-state index in [1.807, 2.05) is 6.92 Å². The molecule has 0 spiro atoms. The molecule has 0 saturated heterocycles. The molecule has 4 heteroatoms. The molecular weight excluding hydrogens is 207 g/mol. The van der Waals surface area contributed by atoms with Gasteiger partial charge in [-0.3, -0.25) is 4.79 Å². The highest BCUT2D eigenvalue weighted by molar-refractivity contribution is 5.94. The maximum atomic E-state index is 13.4. The van der Waals surface area contributed by atoms with E-state index in [0.717, 1.165) is 0 Å². The first-order valence-corrected chi connectivity index (χ1v) is 5.24. The summed E-state index contributed by atoms with van der Waals surface area (Å²) in [5.74, 6) is -0.649. The molecule has 1 amide bonds. The molecule has 1 aromatic carbocycles. The molecular formula is C12H17FN2O. The quantitative estimate of drug-likeness (QED) is 0.843. The lowest BCUT2D eigenvalue weighted by Gasteiger charge is -2.21. The van der Waals surface area contributed by atoms with Gasteiger partial charge >= 0.3 is 0 Å². The van der Waals surface area contributed by atoms with Crippen LogP contribution in [-0.4, -0.2) is 26.5 Å². The van der Waals surface area contributed by atoms with E-state index in [1.165, 1.54) is 11.0 Å². The van der Waals surface area contributed by atoms with E-state index in [-0.39, 0.29) is 17.6 Å². The summed E-state index contributed by atoms with van der Waals surface area (Å²) in [5.41, 5.74) is 0.315. The summed E-state index contributed by atoms with van der Waals surface area (Å²) in [6.45, 7) is 2.40. The number of carbonyl (C=O) groups is 1. The number of hydrogen-bond donors (Lipinski definition) is 1. The van der Waals surface area contributed by atoms with Gasteiger partial charge in [0.2, 0.25) is 5.91 Å². The fourth-order valence-electron chi connectivity index (χ4n) is 1.57. The van der Waals surface area contributed by atoms with Gasteiger partial charge in [0.05, 0.1) is 5.69 Å². The first-order chi connectivity index (χ1) is 7.57. The lowest BCUT2D eigenvalue weighted by Crippen LogP contribution is -2.36. The van der Waals surface area contributed by atoms with Crippen LogP contribution in [0, 0.1) is 11.7 Å². The predicted molar refractivity (Wildman–Crippen MR) is 62.9 cm³/mol. The molecule has 16 heavy (non-hydrogen) atoms. The summed E-state index contributed by atoms with van der Waals surface area (Å²) < 4.78 is 13.4. The minimum absolute atomic E-state index is 0.0977. The molecule has 88 valence electrons. The highest BCUT2D eigenvalue weighted by Crippen LogP contribution is 2.18. The van der Waals surface area contributed by atoms with Crippen LogP contribution in [0.5, 0.6) is 0 Å². The van der Waals surface area contributed by atoms with Gasteiger partial charge in [-0.2, -0.15) is 0 Å². The first-order valence-electron chi connectivity index (χ1n) is 5.24. The molecule has 0 bridgehead atoms. The predicted octanol–water partition coefficient (Wildman–Crippen LogP) is 1.64. The Labute approximate surface area is 95.3 Å². The van der Waals surface area contributed by atoms with Crippen LogP contribution in [-0.2, 0) is 4.79 Å². The van der Waals surface area contributed by atoms with Crippen molar-refractivity contribution < 1.29 is 9.18 Å². The van der Waals surface area contributed by atoms with Crippen LogP contribution in [0.3, 0.4) is 0 Å². The molecule has 1 aromatic rings. The molecule has 0 saturated carbocycles. The van der Waals surface area contributed by atoms with Crippen LogP contribution in [0.15, 0.2) is 24.3 Å². The average Bonchev–Trinajstić information content (AvgIpc) is 2.28. The summed E-state index contributed by atoms with van der Waals surface area (Å²) in [6.07, 6.45) is 0. The normalized spacial score (nSPS) is 12.2. The van der Waals surface area contributed by atoms with Gasteiger partial charge in [-0.1, -0.05) is 19.1 Å². The van der Waals surface area contributed by atoms with E-state index in [2.05, 4.69) is 5.32 Å². The van der Waals surface area contributed by atoms with Gasteiger partial charge in [-0.25, -0.2) is 4.39 Å². The molecule has 0 aliphatic rings. The number of nitrogens with one attached hydrogen (secondary N) is 1. The molecule has 1 rings (SSSR count). The average molecular weight is 224 g/mol. The van der Waals surface area contributed by atoms with Crippen molar-refractivity contribution in [3.8, 4) is 0 Å². The second-order valence-corrected chi connectivity index (χ2v) is 3.81. The molecule has 0 heterocycles. The van der Waals surface area contributed by atoms with E-state index in [0.29, 0.717) is 12.2 Å². The summed E-state index contributed by atoms with van der Waals surface area (Å²) in [6, 6.07) is 6.26. The molecule has 1 unspecified atom stereocenters. The largest absolute Gasteiger partial charge is 0.319 e. The Morgan fingerprint density at radius 3 is 2.69 bits per heavy atom. The van der Waals surface area contributed by atoms with E-state index < -0.39 is 0 Å². The molecule has 1 N–H and O–H groups in total. The lowest BCUT2D eigenvalue weighted by molar-refractivity contribution is -0.121. The second-order valence-electron chi connectivity index (χ2n) is 3.81. The zero-order valence-electron chi connectivity index (χ0n) is 9.83. The van der Waals surface area contributed by atoms with Crippen molar-refractivity contribution in [2.75, 3.05) is 25.5 Å². The monoisotopic (exact) mass is 224 g/mol. The Morgan fingerprint density at radius 2 is 2.12 bits per heavy atom. The Bertz CT molecular complexity index is 368. The van der Waals surface area contributed by atoms with Crippen LogP contribution in [0.4, 0.5) is 10.1 Å². The fraction of sp³-hybridized carbons (Fsp3) is 0.417. The van der Waals surface area contributed by atoms with Gasteiger partial charge in [0.25, 0.3) is 0 Å². The number of rotatable bonds is 4. The standard InChI is InChI=1S/C12H17FN2O/c1-9(8-14-2)12(16)15(3)11-7-5-4-6-10(11)13/h4-7,9,14H,8H2,1-3H3. The maximum Gasteiger partial charge on any atom is 0.230 e.